The van der Waals surface area contributed by atoms with Crippen LogP contribution in [0.25, 0.3) is 11.3 Å². The van der Waals surface area contributed by atoms with E-state index >= 15 is 0 Å². The fourth-order valence-corrected chi connectivity index (χ4v) is 2.71. The number of nitro groups is 1. The molecule has 0 fully saturated rings. The number of rotatable bonds is 5. The maximum absolute atomic E-state index is 11.9. The molecule has 1 aromatic heterocycles. The number of amides is 2. The Labute approximate surface area is 172 Å². The second-order valence-electron chi connectivity index (χ2n) is 5.67. The summed E-state index contributed by atoms with van der Waals surface area (Å²) in [5, 5.41) is 17.0. The predicted molar refractivity (Wildman–Crippen MR) is 109 cm³/mol. The highest BCUT2D eigenvalue weighted by Crippen LogP contribution is 2.25. The first-order valence-corrected chi connectivity index (χ1v) is 8.96. The molecule has 2 aromatic carbocycles. The lowest BCUT2D eigenvalue weighted by atomic mass is 10.1. The molecule has 0 spiro atoms. The summed E-state index contributed by atoms with van der Waals surface area (Å²) in [6.45, 7) is 0. The van der Waals surface area contributed by atoms with Crippen molar-refractivity contribution >= 4 is 45.3 Å². The standard InChI is InChI=1S/C19H13BrN4O5/c20-13-4-2-5-14(10-13)22-18(25)19(26)23-21-11-16-7-8-17(29-16)12-3-1-6-15(9-12)24(27)28/h1-11H,(H,22,25)(H,23,26)/b21-11+. The van der Waals surface area contributed by atoms with Crippen LogP contribution < -0.4 is 10.7 Å². The molecule has 0 saturated heterocycles. The minimum absolute atomic E-state index is 0.0576. The van der Waals surface area contributed by atoms with Crippen molar-refractivity contribution in [1.29, 1.82) is 0 Å². The zero-order valence-corrected chi connectivity index (χ0v) is 16.3. The van der Waals surface area contributed by atoms with Crippen molar-refractivity contribution in [3.05, 3.63) is 81.0 Å². The molecule has 2 amide bonds. The third kappa shape index (κ3) is 5.36. The molecular weight excluding hydrogens is 444 g/mol. The van der Waals surface area contributed by atoms with Crippen molar-refractivity contribution < 1.29 is 18.9 Å². The molecule has 0 bridgehead atoms. The molecule has 3 aromatic rings. The molecule has 0 radical (unpaired) electrons. The van der Waals surface area contributed by atoms with Gasteiger partial charge >= 0.3 is 11.8 Å². The second kappa shape index (κ2) is 8.93. The van der Waals surface area contributed by atoms with E-state index < -0.39 is 16.7 Å². The molecular formula is C19H13BrN4O5. The van der Waals surface area contributed by atoms with Gasteiger partial charge in [0.2, 0.25) is 0 Å². The molecule has 0 aliphatic rings. The van der Waals surface area contributed by atoms with E-state index in [1.807, 2.05) is 0 Å². The van der Waals surface area contributed by atoms with Gasteiger partial charge in [0.1, 0.15) is 11.5 Å². The van der Waals surface area contributed by atoms with E-state index in [9.17, 15) is 19.7 Å². The zero-order valence-electron chi connectivity index (χ0n) is 14.7. The summed E-state index contributed by atoms with van der Waals surface area (Å²) in [6.07, 6.45) is 1.21. The van der Waals surface area contributed by atoms with Crippen molar-refractivity contribution in [2.45, 2.75) is 0 Å². The SMILES string of the molecule is O=C(N/N=C/c1ccc(-c2cccc([N+](=O)[O-])c2)o1)C(=O)Nc1cccc(Br)c1. The smallest absolute Gasteiger partial charge is 0.329 e. The first kappa shape index (κ1) is 20.0. The van der Waals surface area contributed by atoms with Gasteiger partial charge in [-0.1, -0.05) is 34.1 Å². The van der Waals surface area contributed by atoms with Gasteiger partial charge < -0.3 is 9.73 Å². The number of nitro benzene ring substituents is 1. The van der Waals surface area contributed by atoms with E-state index in [1.54, 1.807) is 48.5 Å². The van der Waals surface area contributed by atoms with Gasteiger partial charge in [-0.15, -0.1) is 0 Å². The average molecular weight is 457 g/mol. The number of halogens is 1. The van der Waals surface area contributed by atoms with Crippen LogP contribution in [0.15, 0.2) is 74.7 Å². The molecule has 0 atom stereocenters. The molecule has 0 unspecified atom stereocenters. The Balaban J connectivity index is 1.59. The summed E-state index contributed by atoms with van der Waals surface area (Å²) in [5.41, 5.74) is 3.02. The van der Waals surface area contributed by atoms with Crippen LogP contribution >= 0.6 is 15.9 Å². The molecule has 1 heterocycles. The number of hydrazone groups is 1. The molecule has 2 N–H and O–H groups in total. The molecule has 0 aliphatic carbocycles. The Hall–Kier alpha value is -3.79. The van der Waals surface area contributed by atoms with Crippen LogP contribution in [0.3, 0.4) is 0 Å². The number of hydrogen-bond donors (Lipinski definition) is 2. The summed E-state index contributed by atoms with van der Waals surface area (Å²) >= 11 is 3.27. The number of anilines is 1. The van der Waals surface area contributed by atoms with Gasteiger partial charge in [-0.3, -0.25) is 19.7 Å². The third-order valence-corrected chi connectivity index (χ3v) is 4.11. The van der Waals surface area contributed by atoms with Gasteiger partial charge in [-0.2, -0.15) is 5.10 Å². The van der Waals surface area contributed by atoms with Crippen molar-refractivity contribution in [2.24, 2.45) is 5.10 Å². The fourth-order valence-electron chi connectivity index (χ4n) is 2.31. The van der Waals surface area contributed by atoms with Crippen LogP contribution in [0.4, 0.5) is 11.4 Å². The van der Waals surface area contributed by atoms with E-state index in [0.29, 0.717) is 22.8 Å². The normalized spacial score (nSPS) is 10.7. The number of nitrogens with zero attached hydrogens (tertiary/aromatic N) is 2. The average Bonchev–Trinajstić information content (AvgIpc) is 3.17. The summed E-state index contributed by atoms with van der Waals surface area (Å²) in [5.74, 6) is -1.14. The quantitative estimate of drug-likeness (QED) is 0.261. The number of non-ortho nitro benzene ring substituents is 1. The molecule has 0 aliphatic heterocycles. The Kier molecular flexibility index (Phi) is 6.15. The lowest BCUT2D eigenvalue weighted by Crippen LogP contribution is -2.32. The summed E-state index contributed by atoms with van der Waals surface area (Å²) in [7, 11) is 0. The highest BCUT2D eigenvalue weighted by Gasteiger charge is 2.13. The van der Waals surface area contributed by atoms with Gasteiger partial charge in [0.25, 0.3) is 5.69 Å². The van der Waals surface area contributed by atoms with E-state index in [1.165, 1.54) is 18.3 Å². The van der Waals surface area contributed by atoms with Gasteiger partial charge in [0.05, 0.1) is 11.1 Å². The number of nitrogens with one attached hydrogen (secondary N) is 2. The van der Waals surface area contributed by atoms with Crippen molar-refractivity contribution in [3.8, 4) is 11.3 Å². The predicted octanol–water partition coefficient (Wildman–Crippen LogP) is 3.71. The maximum Gasteiger partial charge on any atom is 0.329 e. The summed E-state index contributed by atoms with van der Waals surface area (Å²) < 4.78 is 6.28. The highest BCUT2D eigenvalue weighted by atomic mass is 79.9. The molecule has 0 saturated carbocycles. The maximum atomic E-state index is 11.9. The minimum Gasteiger partial charge on any atom is -0.455 e. The van der Waals surface area contributed by atoms with Crippen LogP contribution in [0.2, 0.25) is 0 Å². The van der Waals surface area contributed by atoms with Gasteiger partial charge in [0.15, 0.2) is 0 Å². The molecule has 9 nitrogen and oxygen atoms in total. The first-order valence-electron chi connectivity index (χ1n) is 8.17. The lowest BCUT2D eigenvalue weighted by Gasteiger charge is -2.03. The Morgan fingerprint density at radius 2 is 1.86 bits per heavy atom. The summed E-state index contributed by atoms with van der Waals surface area (Å²) in [6, 6.07) is 15.9. The van der Waals surface area contributed by atoms with Gasteiger partial charge in [-0.25, -0.2) is 5.43 Å². The minimum atomic E-state index is -0.952. The number of furan rings is 1. The second-order valence-corrected chi connectivity index (χ2v) is 6.59. The van der Waals surface area contributed by atoms with Crippen molar-refractivity contribution in [2.75, 3.05) is 5.32 Å². The Morgan fingerprint density at radius 1 is 1.07 bits per heavy atom. The zero-order chi connectivity index (χ0) is 20.8. The lowest BCUT2D eigenvalue weighted by molar-refractivity contribution is -0.384. The van der Waals surface area contributed by atoms with E-state index in [-0.39, 0.29) is 5.69 Å². The van der Waals surface area contributed by atoms with Crippen molar-refractivity contribution in [3.63, 3.8) is 0 Å². The third-order valence-electron chi connectivity index (χ3n) is 3.61. The van der Waals surface area contributed by atoms with Crippen LogP contribution in [0.1, 0.15) is 5.76 Å². The molecule has 146 valence electrons. The largest absolute Gasteiger partial charge is 0.455 e. The Bertz CT molecular complexity index is 1110. The molecule has 10 heteroatoms. The topological polar surface area (TPSA) is 127 Å². The molecule has 3 rings (SSSR count). The monoisotopic (exact) mass is 456 g/mol. The van der Waals surface area contributed by atoms with Gasteiger partial charge in [0, 0.05) is 27.9 Å². The van der Waals surface area contributed by atoms with Crippen LogP contribution in [0.5, 0.6) is 0 Å². The van der Waals surface area contributed by atoms with E-state index in [2.05, 4.69) is 31.8 Å². The van der Waals surface area contributed by atoms with Gasteiger partial charge in [-0.05, 0) is 30.3 Å². The number of carbonyl (C=O) groups excluding carboxylic acids is 2. The van der Waals surface area contributed by atoms with Crippen LogP contribution in [-0.2, 0) is 9.59 Å². The van der Waals surface area contributed by atoms with E-state index in [0.717, 1.165) is 4.47 Å². The molecule has 29 heavy (non-hydrogen) atoms. The van der Waals surface area contributed by atoms with Crippen LogP contribution in [0, 0.1) is 10.1 Å². The van der Waals surface area contributed by atoms with Crippen molar-refractivity contribution in [1.82, 2.24) is 5.43 Å². The Morgan fingerprint density at radius 3 is 2.62 bits per heavy atom. The highest BCUT2D eigenvalue weighted by molar-refractivity contribution is 9.10. The van der Waals surface area contributed by atoms with Crippen LogP contribution in [-0.4, -0.2) is 23.0 Å². The number of hydrogen-bond acceptors (Lipinski definition) is 6. The number of carbonyl (C=O) groups is 2. The first-order chi connectivity index (χ1) is 13.9. The summed E-state index contributed by atoms with van der Waals surface area (Å²) in [4.78, 5) is 34.0. The van der Waals surface area contributed by atoms with E-state index in [4.69, 9.17) is 4.42 Å². The fraction of sp³-hybridized carbons (Fsp3) is 0. The number of benzene rings is 2.